The first kappa shape index (κ1) is 24.1. The maximum absolute atomic E-state index is 11.3. The number of furan rings is 1. The van der Waals surface area contributed by atoms with Crippen molar-refractivity contribution in [1.82, 2.24) is 9.78 Å². The number of aromatic nitrogens is 2. The molecule has 5 aromatic rings. The molecule has 3 N–H and O–H groups in total. The molecule has 8 heteroatoms. The number of aliphatic carboxylic acids is 1. The second-order valence-electron chi connectivity index (χ2n) is 8.75. The van der Waals surface area contributed by atoms with E-state index < -0.39 is 5.97 Å². The van der Waals surface area contributed by atoms with Gasteiger partial charge in [-0.05, 0) is 47.0 Å². The average Bonchev–Trinajstić information content (AvgIpc) is 3.52. The molecular weight excluding hydrogens is 470 g/mol. The highest BCUT2D eigenvalue weighted by Crippen LogP contribution is 2.37. The summed E-state index contributed by atoms with van der Waals surface area (Å²) >= 11 is 0. The van der Waals surface area contributed by atoms with Crippen LogP contribution in [0.3, 0.4) is 0 Å². The molecule has 0 saturated heterocycles. The van der Waals surface area contributed by atoms with Gasteiger partial charge < -0.3 is 24.7 Å². The van der Waals surface area contributed by atoms with Crippen LogP contribution in [0.2, 0.25) is 0 Å². The SMILES string of the molecule is Cn1ccc(COc2cc(-c3cccc(CN)c3)cc3c(COc4ccccc4CC(=O)O)coc23)n1. The number of carboxylic acid groups (broad SMARTS) is 1. The van der Waals surface area contributed by atoms with E-state index in [1.54, 1.807) is 29.1 Å². The molecule has 0 aliphatic heterocycles. The zero-order valence-corrected chi connectivity index (χ0v) is 20.4. The van der Waals surface area contributed by atoms with Crippen LogP contribution in [0.15, 0.2) is 83.6 Å². The fourth-order valence-corrected chi connectivity index (χ4v) is 4.22. The Morgan fingerprint density at radius 2 is 1.81 bits per heavy atom. The van der Waals surface area contributed by atoms with Crippen LogP contribution in [0.25, 0.3) is 22.1 Å². The molecule has 3 aromatic carbocycles. The van der Waals surface area contributed by atoms with E-state index in [1.807, 2.05) is 55.7 Å². The molecule has 0 radical (unpaired) electrons. The Bertz CT molecular complexity index is 1550. The van der Waals surface area contributed by atoms with Gasteiger partial charge in [0.05, 0.1) is 18.4 Å². The molecular formula is C29H27N3O5. The summed E-state index contributed by atoms with van der Waals surface area (Å²) in [6.07, 6.45) is 3.40. The third kappa shape index (κ3) is 5.49. The number of ether oxygens (including phenoxy) is 2. The molecule has 0 bridgehead atoms. The van der Waals surface area contributed by atoms with Crippen molar-refractivity contribution in [3.63, 3.8) is 0 Å². The van der Waals surface area contributed by atoms with Gasteiger partial charge in [0.1, 0.15) is 19.0 Å². The molecule has 5 rings (SSSR count). The largest absolute Gasteiger partial charge is 0.488 e. The molecule has 0 aliphatic carbocycles. The van der Waals surface area contributed by atoms with Crippen molar-refractivity contribution in [2.45, 2.75) is 26.2 Å². The smallest absolute Gasteiger partial charge is 0.307 e. The van der Waals surface area contributed by atoms with Gasteiger partial charge in [-0.3, -0.25) is 9.48 Å². The number of hydrogen-bond donors (Lipinski definition) is 2. The normalized spacial score (nSPS) is 11.1. The highest BCUT2D eigenvalue weighted by Gasteiger charge is 2.16. The van der Waals surface area contributed by atoms with Crippen molar-refractivity contribution >= 4 is 16.9 Å². The number of hydrogen-bond acceptors (Lipinski definition) is 6. The minimum atomic E-state index is -0.913. The molecule has 0 aliphatic rings. The first-order valence-corrected chi connectivity index (χ1v) is 11.9. The quantitative estimate of drug-likeness (QED) is 0.277. The molecule has 0 spiro atoms. The second kappa shape index (κ2) is 10.6. The van der Waals surface area contributed by atoms with Crippen LogP contribution in [-0.4, -0.2) is 20.9 Å². The summed E-state index contributed by atoms with van der Waals surface area (Å²) in [6.45, 7) is 0.937. The number of carboxylic acids is 1. The number of nitrogens with zero attached hydrogens (tertiary/aromatic N) is 2. The van der Waals surface area contributed by atoms with E-state index in [1.165, 1.54) is 0 Å². The highest BCUT2D eigenvalue weighted by atomic mass is 16.5. The van der Waals surface area contributed by atoms with E-state index >= 15 is 0 Å². The molecule has 0 unspecified atom stereocenters. The monoisotopic (exact) mass is 497 g/mol. The third-order valence-electron chi connectivity index (χ3n) is 6.06. The Morgan fingerprint density at radius 1 is 0.973 bits per heavy atom. The lowest BCUT2D eigenvalue weighted by Crippen LogP contribution is -2.04. The van der Waals surface area contributed by atoms with Crippen LogP contribution in [0, 0.1) is 0 Å². The summed E-state index contributed by atoms with van der Waals surface area (Å²) in [4.78, 5) is 11.3. The molecule has 0 atom stereocenters. The van der Waals surface area contributed by atoms with Crippen LogP contribution in [0.1, 0.15) is 22.4 Å². The highest BCUT2D eigenvalue weighted by molar-refractivity contribution is 5.91. The molecule has 188 valence electrons. The molecule has 2 heterocycles. The first-order chi connectivity index (χ1) is 18.0. The van der Waals surface area contributed by atoms with Gasteiger partial charge in [-0.2, -0.15) is 5.10 Å². The minimum Gasteiger partial charge on any atom is -0.488 e. The topological polar surface area (TPSA) is 113 Å². The van der Waals surface area contributed by atoms with Crippen LogP contribution in [0.4, 0.5) is 0 Å². The van der Waals surface area contributed by atoms with Gasteiger partial charge in [0, 0.05) is 36.3 Å². The number of aryl methyl sites for hydroxylation is 1. The van der Waals surface area contributed by atoms with E-state index in [2.05, 4.69) is 11.2 Å². The summed E-state index contributed by atoms with van der Waals surface area (Å²) in [5, 5.41) is 14.5. The van der Waals surface area contributed by atoms with E-state index in [0.717, 1.165) is 33.3 Å². The van der Waals surface area contributed by atoms with E-state index in [9.17, 15) is 9.90 Å². The van der Waals surface area contributed by atoms with Gasteiger partial charge in [0.15, 0.2) is 11.3 Å². The molecule has 0 saturated carbocycles. The van der Waals surface area contributed by atoms with Crippen molar-refractivity contribution < 1.29 is 23.8 Å². The number of rotatable bonds is 10. The fraction of sp³-hybridized carbons (Fsp3) is 0.172. The number of carbonyl (C=O) groups is 1. The molecule has 37 heavy (non-hydrogen) atoms. The maximum atomic E-state index is 11.3. The van der Waals surface area contributed by atoms with Crippen molar-refractivity contribution in [1.29, 1.82) is 0 Å². The Hall–Kier alpha value is -4.56. The first-order valence-electron chi connectivity index (χ1n) is 11.9. The molecule has 2 aromatic heterocycles. The fourth-order valence-electron chi connectivity index (χ4n) is 4.22. The van der Waals surface area contributed by atoms with Crippen molar-refractivity contribution in [3.8, 4) is 22.6 Å². The van der Waals surface area contributed by atoms with Gasteiger partial charge in [0.2, 0.25) is 0 Å². The van der Waals surface area contributed by atoms with Crippen LogP contribution >= 0.6 is 0 Å². The summed E-state index contributed by atoms with van der Waals surface area (Å²) < 4.78 is 19.9. The summed E-state index contributed by atoms with van der Waals surface area (Å²) in [5.41, 5.74) is 11.7. The van der Waals surface area contributed by atoms with Gasteiger partial charge >= 0.3 is 5.97 Å². The Morgan fingerprint density at radius 3 is 2.59 bits per heavy atom. The summed E-state index contributed by atoms with van der Waals surface area (Å²) in [7, 11) is 1.86. The maximum Gasteiger partial charge on any atom is 0.307 e. The predicted octanol–water partition coefficient (Wildman–Crippen LogP) is 5.08. The Balaban J connectivity index is 1.50. The number of para-hydroxylation sites is 1. The number of benzene rings is 3. The van der Waals surface area contributed by atoms with Crippen molar-refractivity contribution in [2.75, 3.05) is 0 Å². The minimum absolute atomic E-state index is 0.116. The van der Waals surface area contributed by atoms with E-state index in [-0.39, 0.29) is 19.6 Å². The Kier molecular flexibility index (Phi) is 6.91. The summed E-state index contributed by atoms with van der Waals surface area (Å²) in [6, 6.07) is 21.1. The van der Waals surface area contributed by atoms with E-state index in [4.69, 9.17) is 19.6 Å². The predicted molar refractivity (Wildman–Crippen MR) is 139 cm³/mol. The second-order valence-corrected chi connectivity index (χ2v) is 8.75. The molecule has 0 fully saturated rings. The lowest BCUT2D eigenvalue weighted by molar-refractivity contribution is -0.136. The van der Waals surface area contributed by atoms with Gasteiger partial charge in [-0.25, -0.2) is 0 Å². The lowest BCUT2D eigenvalue weighted by Gasteiger charge is -2.11. The van der Waals surface area contributed by atoms with Crippen LogP contribution in [0.5, 0.6) is 11.5 Å². The van der Waals surface area contributed by atoms with Gasteiger partial charge in [-0.1, -0.05) is 36.4 Å². The lowest BCUT2D eigenvalue weighted by atomic mass is 10.00. The van der Waals surface area contributed by atoms with Crippen LogP contribution < -0.4 is 15.2 Å². The Labute approximate surface area is 213 Å². The zero-order valence-electron chi connectivity index (χ0n) is 20.4. The third-order valence-corrected chi connectivity index (χ3v) is 6.06. The number of fused-ring (bicyclic) bond motifs is 1. The summed E-state index contributed by atoms with van der Waals surface area (Å²) in [5.74, 6) is 0.204. The number of nitrogens with two attached hydrogens (primary N) is 1. The molecule has 8 nitrogen and oxygen atoms in total. The van der Waals surface area contributed by atoms with Crippen molar-refractivity contribution in [2.24, 2.45) is 12.8 Å². The standard InChI is InChI=1S/C29H27N3O5/c1-32-10-9-24(31-32)18-36-27-13-22(20-7-4-5-19(11-20)15-30)12-25-23(17-37-29(25)27)16-35-26-8-3-2-6-21(26)14-28(33)34/h2-13,17H,14-16,18,30H2,1H3,(H,33,34). The van der Waals surface area contributed by atoms with Gasteiger partial charge in [0.25, 0.3) is 0 Å². The van der Waals surface area contributed by atoms with Crippen molar-refractivity contribution in [3.05, 3.63) is 102 Å². The average molecular weight is 498 g/mol. The van der Waals surface area contributed by atoms with Gasteiger partial charge in [-0.15, -0.1) is 0 Å². The van der Waals surface area contributed by atoms with E-state index in [0.29, 0.717) is 29.2 Å². The van der Waals surface area contributed by atoms with Crippen LogP contribution in [-0.2, 0) is 38.0 Å². The molecule has 0 amide bonds. The zero-order chi connectivity index (χ0) is 25.8.